The number of nitrogens with one attached hydrogen (secondary N) is 1. The number of nitrogens with zero attached hydrogens (tertiary/aromatic N) is 2. The molecule has 1 amide bonds. The molecule has 2 heterocycles. The fraction of sp³-hybridized carbons (Fsp3) is 0.174. The van der Waals surface area contributed by atoms with Crippen molar-refractivity contribution in [2.75, 3.05) is 0 Å². The monoisotopic (exact) mass is 473 g/mol. The number of rotatable bonds is 5. The molecule has 0 saturated carbocycles. The second-order valence-electron chi connectivity index (χ2n) is 7.43. The van der Waals surface area contributed by atoms with Crippen LogP contribution < -0.4 is 16.6 Å². The highest BCUT2D eigenvalue weighted by molar-refractivity contribution is 7.20. The lowest BCUT2D eigenvalue weighted by Crippen LogP contribution is -2.38. The SMILES string of the molecule is Cn1c(=O)n(Cc2ccccc2)c(=O)c2cc(C(=O)NCc3cccc(C(F)(F)F)c3)sc21. The molecule has 4 aromatic rings. The second-order valence-corrected chi connectivity index (χ2v) is 8.46. The summed E-state index contributed by atoms with van der Waals surface area (Å²) in [4.78, 5) is 38.9. The molecule has 2 aromatic heterocycles. The van der Waals surface area contributed by atoms with Crippen LogP contribution in [0.4, 0.5) is 13.2 Å². The van der Waals surface area contributed by atoms with Crippen LogP contribution in [0.5, 0.6) is 0 Å². The normalized spacial score (nSPS) is 11.6. The number of amides is 1. The molecule has 0 radical (unpaired) electrons. The quantitative estimate of drug-likeness (QED) is 0.480. The maximum atomic E-state index is 13.0. The first-order chi connectivity index (χ1) is 15.6. The van der Waals surface area contributed by atoms with E-state index in [-0.39, 0.29) is 28.9 Å². The molecule has 0 aliphatic heterocycles. The lowest BCUT2D eigenvalue weighted by Gasteiger charge is -2.09. The Bertz CT molecular complexity index is 1450. The zero-order valence-electron chi connectivity index (χ0n) is 17.3. The van der Waals surface area contributed by atoms with Crippen LogP contribution in [-0.2, 0) is 26.3 Å². The summed E-state index contributed by atoms with van der Waals surface area (Å²) in [6.45, 7) is -0.0244. The summed E-state index contributed by atoms with van der Waals surface area (Å²) in [5.41, 5.74) is -0.744. The van der Waals surface area contributed by atoms with Gasteiger partial charge in [-0.2, -0.15) is 13.2 Å². The Morgan fingerprint density at radius 3 is 2.39 bits per heavy atom. The Kier molecular flexibility index (Phi) is 5.94. The van der Waals surface area contributed by atoms with E-state index in [9.17, 15) is 27.6 Å². The fourth-order valence-corrected chi connectivity index (χ4v) is 4.45. The molecule has 33 heavy (non-hydrogen) atoms. The van der Waals surface area contributed by atoms with Crippen molar-refractivity contribution in [1.82, 2.24) is 14.5 Å². The number of hydrogen-bond acceptors (Lipinski definition) is 4. The minimum Gasteiger partial charge on any atom is -0.347 e. The number of benzene rings is 2. The first kappa shape index (κ1) is 22.5. The molecule has 0 unspecified atom stereocenters. The summed E-state index contributed by atoms with van der Waals surface area (Å²) in [5.74, 6) is -0.546. The van der Waals surface area contributed by atoms with Crippen molar-refractivity contribution >= 4 is 27.5 Å². The largest absolute Gasteiger partial charge is 0.416 e. The summed E-state index contributed by atoms with van der Waals surface area (Å²) in [5, 5.41) is 2.80. The zero-order valence-corrected chi connectivity index (χ0v) is 18.2. The van der Waals surface area contributed by atoms with E-state index in [1.165, 1.54) is 29.8 Å². The lowest BCUT2D eigenvalue weighted by atomic mass is 10.1. The van der Waals surface area contributed by atoms with Gasteiger partial charge in [0.1, 0.15) is 4.83 Å². The highest BCUT2D eigenvalue weighted by Crippen LogP contribution is 2.29. The van der Waals surface area contributed by atoms with E-state index in [4.69, 9.17) is 0 Å². The lowest BCUT2D eigenvalue weighted by molar-refractivity contribution is -0.137. The van der Waals surface area contributed by atoms with Crippen LogP contribution in [0.3, 0.4) is 0 Å². The Hall–Kier alpha value is -3.66. The summed E-state index contributed by atoms with van der Waals surface area (Å²) in [7, 11) is 1.52. The van der Waals surface area contributed by atoms with Gasteiger partial charge in [-0.3, -0.25) is 18.7 Å². The molecule has 0 fully saturated rings. The zero-order chi connectivity index (χ0) is 23.8. The summed E-state index contributed by atoms with van der Waals surface area (Å²) < 4.78 is 41.1. The minimum atomic E-state index is -4.48. The van der Waals surface area contributed by atoms with Crippen LogP contribution >= 0.6 is 11.3 Å². The fourth-order valence-electron chi connectivity index (χ4n) is 3.43. The van der Waals surface area contributed by atoms with Crippen molar-refractivity contribution in [3.63, 3.8) is 0 Å². The minimum absolute atomic E-state index is 0.0925. The van der Waals surface area contributed by atoms with Gasteiger partial charge in [0.25, 0.3) is 11.5 Å². The molecular formula is C23H18F3N3O3S. The number of alkyl halides is 3. The number of carbonyl (C=O) groups is 1. The van der Waals surface area contributed by atoms with Gasteiger partial charge in [-0.05, 0) is 29.3 Å². The Morgan fingerprint density at radius 1 is 1.00 bits per heavy atom. The number of thiophene rings is 1. The molecule has 0 spiro atoms. The molecule has 0 atom stereocenters. The van der Waals surface area contributed by atoms with Crippen LogP contribution in [0.2, 0.25) is 0 Å². The van der Waals surface area contributed by atoms with Crippen molar-refractivity contribution in [1.29, 1.82) is 0 Å². The third kappa shape index (κ3) is 4.61. The van der Waals surface area contributed by atoms with Crippen molar-refractivity contribution in [2.24, 2.45) is 7.05 Å². The van der Waals surface area contributed by atoms with Gasteiger partial charge < -0.3 is 5.32 Å². The van der Waals surface area contributed by atoms with Gasteiger partial charge in [0.15, 0.2) is 0 Å². The van der Waals surface area contributed by atoms with Crippen molar-refractivity contribution in [3.05, 3.63) is 103 Å². The summed E-state index contributed by atoms with van der Waals surface area (Å²) in [6.07, 6.45) is -4.48. The molecule has 0 aliphatic rings. The van der Waals surface area contributed by atoms with E-state index in [2.05, 4.69) is 5.32 Å². The second kappa shape index (κ2) is 8.70. The number of halogens is 3. The molecule has 4 rings (SSSR count). The molecule has 0 saturated heterocycles. The van der Waals surface area contributed by atoms with E-state index < -0.39 is 28.9 Å². The molecule has 0 bridgehead atoms. The average Bonchev–Trinajstić information content (AvgIpc) is 3.25. The van der Waals surface area contributed by atoms with E-state index in [0.29, 0.717) is 4.83 Å². The number of aromatic nitrogens is 2. The molecule has 10 heteroatoms. The van der Waals surface area contributed by atoms with Gasteiger partial charge >= 0.3 is 11.9 Å². The maximum absolute atomic E-state index is 13.0. The molecule has 2 aromatic carbocycles. The number of hydrogen-bond donors (Lipinski definition) is 1. The highest BCUT2D eigenvalue weighted by Gasteiger charge is 2.30. The third-order valence-electron chi connectivity index (χ3n) is 5.13. The van der Waals surface area contributed by atoms with Gasteiger partial charge in [-0.1, -0.05) is 42.5 Å². The Morgan fingerprint density at radius 2 is 1.70 bits per heavy atom. The Labute approximate surface area is 189 Å². The molecular weight excluding hydrogens is 455 g/mol. The van der Waals surface area contributed by atoms with E-state index in [0.717, 1.165) is 33.6 Å². The smallest absolute Gasteiger partial charge is 0.347 e. The molecule has 0 aliphatic carbocycles. The third-order valence-corrected chi connectivity index (χ3v) is 6.34. The Balaban J connectivity index is 1.61. The van der Waals surface area contributed by atoms with Gasteiger partial charge in [0, 0.05) is 13.6 Å². The van der Waals surface area contributed by atoms with Crippen LogP contribution in [0, 0.1) is 0 Å². The molecule has 1 N–H and O–H groups in total. The summed E-state index contributed by atoms with van der Waals surface area (Å²) >= 11 is 0.975. The molecule has 170 valence electrons. The average molecular weight is 473 g/mol. The van der Waals surface area contributed by atoms with Gasteiger partial charge in [0.05, 0.1) is 22.4 Å². The summed E-state index contributed by atoms with van der Waals surface area (Å²) in [6, 6.07) is 15.1. The molecule has 6 nitrogen and oxygen atoms in total. The van der Waals surface area contributed by atoms with E-state index in [1.807, 2.05) is 6.07 Å². The van der Waals surface area contributed by atoms with Gasteiger partial charge in [0.2, 0.25) is 0 Å². The van der Waals surface area contributed by atoms with E-state index >= 15 is 0 Å². The van der Waals surface area contributed by atoms with Gasteiger partial charge in [-0.15, -0.1) is 11.3 Å². The highest BCUT2D eigenvalue weighted by atomic mass is 32.1. The van der Waals surface area contributed by atoms with Crippen molar-refractivity contribution < 1.29 is 18.0 Å². The maximum Gasteiger partial charge on any atom is 0.416 e. The van der Waals surface area contributed by atoms with Crippen LogP contribution in [0.1, 0.15) is 26.4 Å². The van der Waals surface area contributed by atoms with Crippen LogP contribution in [-0.4, -0.2) is 15.0 Å². The predicted molar refractivity (Wildman–Crippen MR) is 119 cm³/mol. The van der Waals surface area contributed by atoms with Crippen molar-refractivity contribution in [2.45, 2.75) is 19.3 Å². The standard InChI is InChI=1S/C23H18F3N3O3S/c1-28-21-17(20(31)29(22(28)32)13-14-6-3-2-4-7-14)11-18(33-21)19(30)27-12-15-8-5-9-16(10-15)23(24,25)26/h2-11H,12-13H2,1H3,(H,27,30). The number of carbonyl (C=O) groups excluding carboxylic acids is 1. The first-order valence-electron chi connectivity index (χ1n) is 9.87. The van der Waals surface area contributed by atoms with Crippen LogP contribution in [0.25, 0.3) is 10.2 Å². The predicted octanol–water partition coefficient (Wildman–Crippen LogP) is 3.76. The van der Waals surface area contributed by atoms with Crippen LogP contribution in [0.15, 0.2) is 70.3 Å². The number of aryl methyl sites for hydroxylation is 1. The number of fused-ring (bicyclic) bond motifs is 1. The van der Waals surface area contributed by atoms with Crippen molar-refractivity contribution in [3.8, 4) is 0 Å². The first-order valence-corrected chi connectivity index (χ1v) is 10.7. The van der Waals surface area contributed by atoms with E-state index in [1.54, 1.807) is 24.3 Å². The topological polar surface area (TPSA) is 73.1 Å². The van der Waals surface area contributed by atoms with Gasteiger partial charge in [-0.25, -0.2) is 4.79 Å².